The average molecular weight is 511 g/mol. The molecule has 1 aromatic carbocycles. The van der Waals surface area contributed by atoms with Crippen molar-refractivity contribution in [1.29, 1.82) is 0 Å². The van der Waals surface area contributed by atoms with E-state index < -0.39 is 5.97 Å². The van der Waals surface area contributed by atoms with E-state index in [-0.39, 0.29) is 17.4 Å². The van der Waals surface area contributed by atoms with Crippen molar-refractivity contribution in [2.75, 3.05) is 40.9 Å². The molecule has 0 aliphatic carbocycles. The Morgan fingerprint density at radius 1 is 1.06 bits per heavy atom. The zero-order chi connectivity index (χ0) is 25.4. The lowest BCUT2D eigenvalue weighted by atomic mass is 10.1. The second-order valence-electron chi connectivity index (χ2n) is 9.43. The molecule has 10 heteroatoms. The fraction of sp³-hybridized carbons (Fsp3) is 0.385. The first-order chi connectivity index (χ1) is 17.3. The van der Waals surface area contributed by atoms with Crippen LogP contribution in [0.5, 0.6) is 0 Å². The van der Waals surface area contributed by atoms with Crippen molar-refractivity contribution in [3.05, 3.63) is 59.0 Å². The summed E-state index contributed by atoms with van der Waals surface area (Å²) < 4.78 is 13.6. The molecule has 4 heterocycles. The molecule has 0 spiro atoms. The molecule has 188 valence electrons. The highest BCUT2D eigenvalue weighted by atomic mass is 35.5. The van der Waals surface area contributed by atoms with Crippen LogP contribution >= 0.6 is 11.6 Å². The van der Waals surface area contributed by atoms with Crippen molar-refractivity contribution in [3.63, 3.8) is 0 Å². The number of rotatable bonds is 5. The summed E-state index contributed by atoms with van der Waals surface area (Å²) in [7, 11) is 0. The van der Waals surface area contributed by atoms with E-state index in [2.05, 4.69) is 33.5 Å². The van der Waals surface area contributed by atoms with Gasteiger partial charge in [-0.15, -0.1) is 0 Å². The number of benzene rings is 1. The lowest BCUT2D eigenvalue weighted by Gasteiger charge is -2.41. The number of nitrogens with zero attached hydrogens (tertiary/aromatic N) is 6. The van der Waals surface area contributed by atoms with E-state index in [1.165, 1.54) is 24.4 Å². The number of aromatic nitrogens is 3. The van der Waals surface area contributed by atoms with Gasteiger partial charge < -0.3 is 19.8 Å². The third-order valence-corrected chi connectivity index (χ3v) is 7.22. The maximum atomic E-state index is 13.6. The highest BCUT2D eigenvalue weighted by Gasteiger charge is 2.29. The molecule has 1 N–H and O–H groups in total. The Hall–Kier alpha value is -3.46. The number of hydrogen-bond donors (Lipinski definition) is 1. The van der Waals surface area contributed by atoms with Crippen LogP contribution in [-0.2, 0) is 0 Å². The summed E-state index contributed by atoms with van der Waals surface area (Å²) in [5.41, 5.74) is 1.67. The third-order valence-electron chi connectivity index (χ3n) is 6.94. The molecule has 2 aliphatic rings. The zero-order valence-electron chi connectivity index (χ0n) is 20.2. The van der Waals surface area contributed by atoms with Crippen LogP contribution < -0.4 is 14.7 Å². The lowest BCUT2D eigenvalue weighted by Crippen LogP contribution is -2.52. The van der Waals surface area contributed by atoms with E-state index in [0.29, 0.717) is 42.5 Å². The molecule has 36 heavy (non-hydrogen) atoms. The van der Waals surface area contributed by atoms with E-state index in [0.717, 1.165) is 36.5 Å². The molecule has 0 saturated carbocycles. The molecule has 2 aromatic heterocycles. The molecule has 0 bridgehead atoms. The molecule has 5 rings (SSSR count). The number of carboxylic acids is 1. The molecule has 3 aromatic rings. The van der Waals surface area contributed by atoms with Crippen molar-refractivity contribution >= 4 is 35.2 Å². The monoisotopic (exact) mass is 510 g/mol. The quantitative estimate of drug-likeness (QED) is 0.527. The average Bonchev–Trinajstić information content (AvgIpc) is 3.30. The smallest absolute Gasteiger partial charge is 0.337 e. The summed E-state index contributed by atoms with van der Waals surface area (Å²) in [6.45, 7) is 7.18. The Morgan fingerprint density at radius 3 is 2.47 bits per heavy atom. The number of piperazine rings is 1. The van der Waals surface area contributed by atoms with Crippen molar-refractivity contribution in [3.8, 4) is 11.3 Å². The first kappa shape index (κ1) is 24.2. The fourth-order valence-corrected chi connectivity index (χ4v) is 5.25. The normalized spacial score (nSPS) is 20.2. The van der Waals surface area contributed by atoms with Crippen molar-refractivity contribution in [2.45, 2.75) is 38.8 Å². The van der Waals surface area contributed by atoms with Gasteiger partial charge in [0.25, 0.3) is 0 Å². The maximum Gasteiger partial charge on any atom is 0.337 e. The number of pyridine rings is 1. The van der Waals surface area contributed by atoms with Gasteiger partial charge in [-0.3, -0.25) is 0 Å². The summed E-state index contributed by atoms with van der Waals surface area (Å²) in [5, 5.41) is 9.52. The first-order valence-electron chi connectivity index (χ1n) is 12.1. The van der Waals surface area contributed by atoms with Gasteiger partial charge in [0.15, 0.2) is 0 Å². The first-order valence-corrected chi connectivity index (χ1v) is 12.5. The van der Waals surface area contributed by atoms with E-state index in [1.54, 1.807) is 12.1 Å². The van der Waals surface area contributed by atoms with Crippen molar-refractivity contribution in [2.24, 2.45) is 0 Å². The predicted octanol–water partition coefficient (Wildman–Crippen LogP) is 4.73. The number of anilines is 3. The number of carbonyl (C=O) groups is 1. The zero-order valence-corrected chi connectivity index (χ0v) is 21.0. The third kappa shape index (κ3) is 4.80. The second kappa shape index (κ2) is 9.89. The van der Waals surface area contributed by atoms with Gasteiger partial charge in [0.1, 0.15) is 17.5 Å². The van der Waals surface area contributed by atoms with Crippen molar-refractivity contribution < 1.29 is 14.3 Å². The topological polar surface area (TPSA) is 85.7 Å². The van der Waals surface area contributed by atoms with Crippen LogP contribution in [0.3, 0.4) is 0 Å². The molecule has 0 radical (unpaired) electrons. The van der Waals surface area contributed by atoms with Crippen LogP contribution in [0.1, 0.15) is 37.0 Å². The summed E-state index contributed by atoms with van der Waals surface area (Å²) >= 11 is 6.38. The van der Waals surface area contributed by atoms with Gasteiger partial charge in [-0.1, -0.05) is 11.6 Å². The van der Waals surface area contributed by atoms with E-state index in [4.69, 9.17) is 21.6 Å². The second-order valence-corrected chi connectivity index (χ2v) is 9.83. The van der Waals surface area contributed by atoms with Crippen LogP contribution in [0.25, 0.3) is 11.3 Å². The number of aromatic carboxylic acids is 1. The fourth-order valence-electron chi connectivity index (χ4n) is 4.97. The molecule has 0 unspecified atom stereocenters. The summed E-state index contributed by atoms with van der Waals surface area (Å²) in [6, 6.07) is 10.2. The number of carboxylic acid groups (broad SMARTS) is 1. The molecular formula is C26H28ClFN6O2. The van der Waals surface area contributed by atoms with E-state index in [1.807, 2.05) is 6.07 Å². The molecule has 2 fully saturated rings. The largest absolute Gasteiger partial charge is 0.478 e. The molecular weight excluding hydrogens is 483 g/mol. The van der Waals surface area contributed by atoms with Gasteiger partial charge in [0.2, 0.25) is 5.95 Å². The van der Waals surface area contributed by atoms with E-state index >= 15 is 0 Å². The molecule has 2 aliphatic heterocycles. The SMILES string of the molecule is C[C@@H]1CN(c2ncc(C(=O)O)cc2Cl)CCN1c1cc(-c2ccc(F)cc2)nc(N2CCC[C@@H]2C)n1. The molecule has 8 nitrogen and oxygen atoms in total. The Kier molecular flexibility index (Phi) is 6.66. The Bertz CT molecular complexity index is 1270. The molecule has 2 atom stereocenters. The summed E-state index contributed by atoms with van der Waals surface area (Å²) in [6.07, 6.45) is 3.54. The minimum Gasteiger partial charge on any atom is -0.478 e. The van der Waals surface area contributed by atoms with Gasteiger partial charge in [-0.05, 0) is 57.0 Å². The van der Waals surface area contributed by atoms with Crippen LogP contribution in [0.2, 0.25) is 5.02 Å². The molecule has 0 amide bonds. The summed E-state index contributed by atoms with van der Waals surface area (Å²) in [5.74, 6) is 0.758. The van der Waals surface area contributed by atoms with Gasteiger partial charge in [0.05, 0.1) is 16.3 Å². The van der Waals surface area contributed by atoms with E-state index in [9.17, 15) is 14.3 Å². The van der Waals surface area contributed by atoms with Crippen LogP contribution in [0, 0.1) is 5.82 Å². The Labute approximate surface area is 214 Å². The van der Waals surface area contributed by atoms with Gasteiger partial charge >= 0.3 is 5.97 Å². The minimum absolute atomic E-state index is 0.0633. The van der Waals surface area contributed by atoms with Gasteiger partial charge in [0, 0.05) is 56.1 Å². The molecule has 2 saturated heterocycles. The summed E-state index contributed by atoms with van der Waals surface area (Å²) in [4.78, 5) is 31.9. The van der Waals surface area contributed by atoms with Crippen molar-refractivity contribution in [1.82, 2.24) is 15.0 Å². The van der Waals surface area contributed by atoms with Crippen LogP contribution in [-0.4, -0.2) is 64.3 Å². The minimum atomic E-state index is -1.06. The van der Waals surface area contributed by atoms with Gasteiger partial charge in [-0.2, -0.15) is 4.98 Å². The number of halogens is 2. The number of hydrogen-bond acceptors (Lipinski definition) is 7. The Morgan fingerprint density at radius 2 is 1.83 bits per heavy atom. The van der Waals surface area contributed by atoms with Crippen LogP contribution in [0.15, 0.2) is 42.6 Å². The van der Waals surface area contributed by atoms with Gasteiger partial charge in [-0.25, -0.2) is 19.2 Å². The maximum absolute atomic E-state index is 13.6. The standard InChI is InChI=1S/C26H28ClFN6O2/c1-16-4-3-9-34(16)26-30-22(18-5-7-20(28)8-6-18)13-23(31-26)33-11-10-32(15-17(33)2)24-21(27)12-19(14-29-24)25(35)36/h5-8,12-14,16-17H,3-4,9-11,15H2,1-2H3,(H,35,36)/t16-,17+/m0/s1. The predicted molar refractivity (Wildman–Crippen MR) is 139 cm³/mol. The highest BCUT2D eigenvalue weighted by molar-refractivity contribution is 6.33. The Balaban J connectivity index is 1.44. The lowest BCUT2D eigenvalue weighted by molar-refractivity contribution is 0.0696. The van der Waals surface area contributed by atoms with Crippen LogP contribution in [0.4, 0.5) is 22.0 Å². The highest BCUT2D eigenvalue weighted by Crippen LogP contribution is 2.32.